The van der Waals surface area contributed by atoms with Crippen molar-refractivity contribution in [1.82, 2.24) is 14.9 Å². The monoisotopic (exact) mass is 214 g/mol. The number of H-pyrrole nitrogens is 1. The van der Waals surface area contributed by atoms with Gasteiger partial charge in [0.1, 0.15) is 6.20 Å². The summed E-state index contributed by atoms with van der Waals surface area (Å²) in [6.45, 7) is -0.0294. The van der Waals surface area contributed by atoms with E-state index in [4.69, 9.17) is 5.11 Å². The first kappa shape index (κ1) is 11.1. The van der Waals surface area contributed by atoms with Gasteiger partial charge < -0.3 is 20.1 Å². The van der Waals surface area contributed by atoms with Crippen LogP contribution in [0.3, 0.4) is 0 Å². The summed E-state index contributed by atoms with van der Waals surface area (Å²) in [5.41, 5.74) is 0. The van der Waals surface area contributed by atoms with Crippen molar-refractivity contribution in [3.8, 4) is 0 Å². The van der Waals surface area contributed by atoms with Crippen LogP contribution >= 0.6 is 0 Å². The molecule has 8 heteroatoms. The Morgan fingerprint density at radius 1 is 1.80 bits per heavy atom. The standard InChI is InChI=1S/C7H10N4O4/c1-10(2-3-12)7(13)6-8-4-5(9-6)11(14)15/h4,12H,2-3H2,1H3,(H,8,9). The van der Waals surface area contributed by atoms with Crippen LogP contribution in [0, 0.1) is 10.1 Å². The summed E-state index contributed by atoms with van der Waals surface area (Å²) in [4.78, 5) is 28.2. The highest BCUT2D eigenvalue weighted by atomic mass is 16.6. The third-order valence-corrected chi connectivity index (χ3v) is 1.74. The van der Waals surface area contributed by atoms with Gasteiger partial charge >= 0.3 is 11.7 Å². The van der Waals surface area contributed by atoms with Crippen LogP contribution in [0.2, 0.25) is 0 Å². The average Bonchev–Trinajstić information content (AvgIpc) is 2.65. The zero-order valence-corrected chi connectivity index (χ0v) is 8.01. The number of likely N-dealkylation sites (N-methyl/N-ethyl adjacent to an activating group) is 1. The molecule has 0 unspecified atom stereocenters. The van der Waals surface area contributed by atoms with Crippen LogP contribution in [-0.4, -0.2) is 51.0 Å². The fraction of sp³-hybridized carbons (Fsp3) is 0.429. The van der Waals surface area contributed by atoms with Gasteiger partial charge in [0.05, 0.1) is 6.61 Å². The molecule has 0 aromatic carbocycles. The number of aromatic amines is 1. The van der Waals surface area contributed by atoms with Crippen molar-refractivity contribution in [3.63, 3.8) is 0 Å². The highest BCUT2D eigenvalue weighted by molar-refractivity contribution is 5.90. The molecule has 0 spiro atoms. The van der Waals surface area contributed by atoms with Crippen LogP contribution in [0.25, 0.3) is 0 Å². The molecule has 0 fully saturated rings. The first-order valence-electron chi connectivity index (χ1n) is 4.12. The van der Waals surface area contributed by atoms with Crippen LogP contribution < -0.4 is 0 Å². The fourth-order valence-corrected chi connectivity index (χ4v) is 0.945. The van der Waals surface area contributed by atoms with E-state index in [9.17, 15) is 14.9 Å². The number of hydrogen-bond acceptors (Lipinski definition) is 5. The lowest BCUT2D eigenvalue weighted by Crippen LogP contribution is -2.30. The third kappa shape index (κ3) is 2.50. The zero-order chi connectivity index (χ0) is 11.4. The molecule has 0 aliphatic heterocycles. The number of aliphatic hydroxyl groups excluding tert-OH is 1. The number of carbonyl (C=O) groups is 1. The van der Waals surface area contributed by atoms with Gasteiger partial charge in [-0.05, 0) is 4.92 Å². The number of hydrogen-bond donors (Lipinski definition) is 2. The van der Waals surface area contributed by atoms with E-state index in [1.807, 2.05) is 0 Å². The molecule has 0 aliphatic carbocycles. The molecule has 0 atom stereocenters. The Labute approximate surface area is 84.7 Å². The SMILES string of the molecule is CN(CCO)C(=O)c1ncc([N+](=O)[O-])[nH]1. The fourth-order valence-electron chi connectivity index (χ4n) is 0.945. The van der Waals surface area contributed by atoms with Crippen LogP contribution in [0.4, 0.5) is 5.82 Å². The van der Waals surface area contributed by atoms with Gasteiger partial charge in [-0.25, -0.2) is 9.97 Å². The first-order chi connectivity index (χ1) is 7.06. The van der Waals surface area contributed by atoms with Crippen LogP contribution in [-0.2, 0) is 0 Å². The van der Waals surface area contributed by atoms with Crippen molar-refractivity contribution < 1.29 is 14.8 Å². The Kier molecular flexibility index (Phi) is 3.34. The lowest BCUT2D eigenvalue weighted by molar-refractivity contribution is -0.389. The number of imidazole rings is 1. The topological polar surface area (TPSA) is 112 Å². The summed E-state index contributed by atoms with van der Waals surface area (Å²) in [5, 5.41) is 18.9. The van der Waals surface area contributed by atoms with E-state index in [-0.39, 0.29) is 24.8 Å². The summed E-state index contributed by atoms with van der Waals surface area (Å²) in [6.07, 6.45) is 0.972. The summed E-state index contributed by atoms with van der Waals surface area (Å²) in [6, 6.07) is 0. The molecule has 2 N–H and O–H groups in total. The first-order valence-corrected chi connectivity index (χ1v) is 4.12. The number of amides is 1. The second-order valence-electron chi connectivity index (χ2n) is 2.82. The maximum absolute atomic E-state index is 11.5. The van der Waals surface area contributed by atoms with Gasteiger partial charge in [0.25, 0.3) is 5.82 Å². The van der Waals surface area contributed by atoms with Crippen molar-refractivity contribution in [3.05, 3.63) is 22.1 Å². The quantitative estimate of drug-likeness (QED) is 0.512. The average molecular weight is 214 g/mol. The zero-order valence-electron chi connectivity index (χ0n) is 8.01. The number of nitro groups is 1. The summed E-state index contributed by atoms with van der Waals surface area (Å²) >= 11 is 0. The molecule has 0 saturated heterocycles. The van der Waals surface area contributed by atoms with Gasteiger partial charge in [0, 0.05) is 13.6 Å². The Hall–Kier alpha value is -1.96. The molecule has 8 nitrogen and oxygen atoms in total. The second-order valence-corrected chi connectivity index (χ2v) is 2.82. The number of nitrogens with one attached hydrogen (secondary N) is 1. The van der Waals surface area contributed by atoms with Crippen LogP contribution in [0.1, 0.15) is 10.6 Å². The maximum atomic E-state index is 11.5. The molecule has 0 radical (unpaired) electrons. The smallest absolute Gasteiger partial charge is 0.341 e. The van der Waals surface area contributed by atoms with E-state index in [1.54, 1.807) is 0 Å². The predicted octanol–water partition coefficient (Wildman–Crippen LogP) is -0.618. The lowest BCUT2D eigenvalue weighted by atomic mass is 10.5. The molecule has 1 heterocycles. The van der Waals surface area contributed by atoms with Crippen LogP contribution in [0.5, 0.6) is 0 Å². The largest absolute Gasteiger partial charge is 0.395 e. The molecule has 0 aliphatic rings. The summed E-state index contributed by atoms with van der Waals surface area (Å²) < 4.78 is 0. The number of rotatable bonds is 4. The Morgan fingerprint density at radius 3 is 2.93 bits per heavy atom. The molecule has 1 amide bonds. The van der Waals surface area contributed by atoms with Crippen molar-refractivity contribution in [2.45, 2.75) is 0 Å². The van der Waals surface area contributed by atoms with Gasteiger partial charge in [-0.15, -0.1) is 0 Å². The Bertz CT molecular complexity index is 375. The number of aromatic nitrogens is 2. The van der Waals surface area contributed by atoms with E-state index in [0.29, 0.717) is 0 Å². The van der Waals surface area contributed by atoms with Crippen molar-refractivity contribution >= 4 is 11.7 Å². The predicted molar refractivity (Wildman–Crippen MR) is 49.3 cm³/mol. The highest BCUT2D eigenvalue weighted by Crippen LogP contribution is 2.07. The van der Waals surface area contributed by atoms with Gasteiger partial charge in [-0.1, -0.05) is 0 Å². The van der Waals surface area contributed by atoms with E-state index >= 15 is 0 Å². The molecule has 1 rings (SSSR count). The maximum Gasteiger partial charge on any atom is 0.341 e. The molecular formula is C7H10N4O4. The van der Waals surface area contributed by atoms with Gasteiger partial charge in [0.2, 0.25) is 0 Å². The summed E-state index contributed by atoms with van der Waals surface area (Å²) in [7, 11) is 1.47. The second kappa shape index (κ2) is 4.51. The lowest BCUT2D eigenvalue weighted by Gasteiger charge is -2.11. The molecular weight excluding hydrogens is 204 g/mol. The Balaban J connectivity index is 2.78. The minimum atomic E-state index is -0.671. The Morgan fingerprint density at radius 2 is 2.47 bits per heavy atom. The molecule has 0 bridgehead atoms. The van der Waals surface area contributed by atoms with Gasteiger partial charge in [-0.3, -0.25) is 4.79 Å². The van der Waals surface area contributed by atoms with E-state index in [0.717, 1.165) is 6.20 Å². The van der Waals surface area contributed by atoms with Crippen molar-refractivity contribution in [1.29, 1.82) is 0 Å². The van der Waals surface area contributed by atoms with Crippen molar-refractivity contribution in [2.24, 2.45) is 0 Å². The van der Waals surface area contributed by atoms with Crippen LogP contribution in [0.15, 0.2) is 6.20 Å². The normalized spacial score (nSPS) is 10.0. The number of carbonyl (C=O) groups excluding carboxylic acids is 1. The number of nitrogens with zero attached hydrogens (tertiary/aromatic N) is 3. The summed E-state index contributed by atoms with van der Waals surface area (Å²) in [5.74, 6) is -0.953. The van der Waals surface area contributed by atoms with Gasteiger partial charge in [0.15, 0.2) is 0 Å². The van der Waals surface area contributed by atoms with Crippen molar-refractivity contribution in [2.75, 3.05) is 20.2 Å². The van der Waals surface area contributed by atoms with Gasteiger partial charge in [-0.2, -0.15) is 0 Å². The third-order valence-electron chi connectivity index (χ3n) is 1.74. The molecule has 1 aromatic heterocycles. The molecule has 82 valence electrons. The molecule has 0 saturated carbocycles. The highest BCUT2D eigenvalue weighted by Gasteiger charge is 2.20. The van der Waals surface area contributed by atoms with E-state index in [1.165, 1.54) is 11.9 Å². The minimum absolute atomic E-state index is 0.113. The molecule has 15 heavy (non-hydrogen) atoms. The minimum Gasteiger partial charge on any atom is -0.395 e. The van der Waals surface area contributed by atoms with E-state index < -0.39 is 10.8 Å². The van der Waals surface area contributed by atoms with E-state index in [2.05, 4.69) is 9.97 Å². The number of aliphatic hydroxyl groups is 1. The molecule has 1 aromatic rings.